The number of nitrogens with one attached hydrogen (secondary N) is 2. The predicted octanol–water partition coefficient (Wildman–Crippen LogP) is 3.31. The molecule has 1 amide bonds. The summed E-state index contributed by atoms with van der Waals surface area (Å²) < 4.78 is 13.8. The van der Waals surface area contributed by atoms with Crippen molar-refractivity contribution in [1.82, 2.24) is 9.97 Å². The molecule has 0 spiro atoms. The molecule has 126 valence electrons. The molecule has 1 aromatic carbocycles. The second-order valence-electron chi connectivity index (χ2n) is 5.91. The maximum Gasteiger partial charge on any atom is 0.229 e. The van der Waals surface area contributed by atoms with Crippen molar-refractivity contribution in [3.05, 3.63) is 36.3 Å². The number of nitrogens with zero attached hydrogens (tertiary/aromatic N) is 3. The van der Waals surface area contributed by atoms with Gasteiger partial charge in [-0.25, -0.2) is 9.37 Å². The Morgan fingerprint density at radius 3 is 2.58 bits per heavy atom. The Balaban J connectivity index is 1.71. The molecule has 1 fully saturated rings. The van der Waals surface area contributed by atoms with Crippen LogP contribution >= 0.6 is 0 Å². The zero-order chi connectivity index (χ0) is 17.1. The molecule has 0 unspecified atom stereocenters. The van der Waals surface area contributed by atoms with Crippen LogP contribution in [0.5, 0.6) is 0 Å². The van der Waals surface area contributed by atoms with Crippen molar-refractivity contribution in [2.75, 3.05) is 22.6 Å². The molecule has 0 bridgehead atoms. The Labute approximate surface area is 140 Å². The van der Waals surface area contributed by atoms with Crippen LogP contribution in [-0.2, 0) is 4.79 Å². The van der Waals surface area contributed by atoms with Crippen LogP contribution in [0.3, 0.4) is 0 Å². The first-order chi connectivity index (χ1) is 11.5. The molecule has 1 aliphatic carbocycles. The van der Waals surface area contributed by atoms with Crippen LogP contribution < -0.4 is 15.5 Å². The molecular formula is C17H20FN5O. The van der Waals surface area contributed by atoms with Gasteiger partial charge in [-0.05, 0) is 43.5 Å². The fourth-order valence-electron chi connectivity index (χ4n) is 2.35. The van der Waals surface area contributed by atoms with E-state index in [-0.39, 0.29) is 11.7 Å². The van der Waals surface area contributed by atoms with Crippen molar-refractivity contribution in [2.45, 2.75) is 32.2 Å². The summed E-state index contributed by atoms with van der Waals surface area (Å²) in [6, 6.07) is 7.58. The molecule has 24 heavy (non-hydrogen) atoms. The minimum Gasteiger partial charge on any atom is -0.365 e. The van der Waals surface area contributed by atoms with E-state index in [1.165, 1.54) is 6.92 Å². The number of aromatic nitrogens is 2. The Morgan fingerprint density at radius 2 is 2.00 bits per heavy atom. The van der Waals surface area contributed by atoms with Crippen LogP contribution in [0.25, 0.3) is 0 Å². The van der Waals surface area contributed by atoms with Crippen LogP contribution in [0.1, 0.15) is 26.2 Å². The van der Waals surface area contributed by atoms with Gasteiger partial charge in [0.25, 0.3) is 0 Å². The Morgan fingerprint density at radius 1 is 1.29 bits per heavy atom. The third kappa shape index (κ3) is 3.61. The standard InChI is InChI=1S/C17H20FN5O/c1-11(24)23(2)14-8-6-13(7-9-14)21-17-19-10-15(18)16(22-17)20-12-4-3-5-12/h6-10,12H,3-5H2,1-2H3,(H2,19,20,21,22). The number of halogens is 1. The first-order valence-electron chi connectivity index (χ1n) is 7.93. The second-order valence-corrected chi connectivity index (χ2v) is 5.91. The van der Waals surface area contributed by atoms with E-state index in [0.29, 0.717) is 12.0 Å². The summed E-state index contributed by atoms with van der Waals surface area (Å²) in [5.74, 6) is 0.0613. The van der Waals surface area contributed by atoms with Crippen LogP contribution in [0.2, 0.25) is 0 Å². The zero-order valence-corrected chi connectivity index (χ0v) is 13.7. The van der Waals surface area contributed by atoms with Gasteiger partial charge in [-0.3, -0.25) is 4.79 Å². The number of carbonyl (C=O) groups is 1. The Bertz CT molecular complexity index is 730. The highest BCUT2D eigenvalue weighted by Gasteiger charge is 2.19. The molecule has 3 rings (SSSR count). The number of amides is 1. The summed E-state index contributed by atoms with van der Waals surface area (Å²) in [5, 5.41) is 6.14. The lowest BCUT2D eigenvalue weighted by molar-refractivity contribution is -0.116. The van der Waals surface area contributed by atoms with E-state index in [1.54, 1.807) is 11.9 Å². The summed E-state index contributed by atoms with van der Waals surface area (Å²) in [4.78, 5) is 21.1. The van der Waals surface area contributed by atoms with Crippen molar-refractivity contribution in [3.63, 3.8) is 0 Å². The topological polar surface area (TPSA) is 70.2 Å². The first kappa shape index (κ1) is 16.2. The molecule has 0 radical (unpaired) electrons. The molecule has 0 atom stereocenters. The van der Waals surface area contributed by atoms with Gasteiger partial charge in [-0.15, -0.1) is 0 Å². The molecule has 1 aliphatic rings. The Kier molecular flexibility index (Phi) is 4.59. The molecule has 1 aromatic heterocycles. The van der Waals surface area contributed by atoms with E-state index in [0.717, 1.165) is 36.8 Å². The van der Waals surface area contributed by atoms with Gasteiger partial charge >= 0.3 is 0 Å². The van der Waals surface area contributed by atoms with Gasteiger partial charge in [-0.1, -0.05) is 0 Å². The highest BCUT2D eigenvalue weighted by molar-refractivity contribution is 5.91. The van der Waals surface area contributed by atoms with E-state index in [9.17, 15) is 9.18 Å². The largest absolute Gasteiger partial charge is 0.365 e. The maximum absolute atomic E-state index is 13.8. The molecule has 1 heterocycles. The average Bonchev–Trinajstić information content (AvgIpc) is 2.53. The SMILES string of the molecule is CC(=O)N(C)c1ccc(Nc2ncc(F)c(NC3CCC3)n2)cc1. The first-order valence-corrected chi connectivity index (χ1v) is 7.93. The number of carbonyl (C=O) groups excluding carboxylic acids is 1. The lowest BCUT2D eigenvalue weighted by Crippen LogP contribution is -2.28. The number of anilines is 4. The van der Waals surface area contributed by atoms with Crippen molar-refractivity contribution >= 4 is 29.0 Å². The minimum absolute atomic E-state index is 0.0377. The van der Waals surface area contributed by atoms with Gasteiger partial charge in [0.1, 0.15) is 0 Å². The van der Waals surface area contributed by atoms with E-state index < -0.39 is 5.82 Å². The fourth-order valence-corrected chi connectivity index (χ4v) is 2.35. The summed E-state index contributed by atoms with van der Waals surface area (Å²) in [6.07, 6.45) is 4.40. The fraction of sp³-hybridized carbons (Fsp3) is 0.353. The van der Waals surface area contributed by atoms with Gasteiger partial charge < -0.3 is 15.5 Å². The molecule has 2 aromatic rings. The summed E-state index contributed by atoms with van der Waals surface area (Å²) >= 11 is 0. The van der Waals surface area contributed by atoms with Crippen molar-refractivity contribution in [1.29, 1.82) is 0 Å². The molecule has 0 saturated heterocycles. The van der Waals surface area contributed by atoms with E-state index in [2.05, 4.69) is 20.6 Å². The van der Waals surface area contributed by atoms with E-state index >= 15 is 0 Å². The average molecular weight is 329 g/mol. The molecule has 2 N–H and O–H groups in total. The number of hydrogen-bond acceptors (Lipinski definition) is 5. The van der Waals surface area contributed by atoms with Crippen molar-refractivity contribution in [3.8, 4) is 0 Å². The second kappa shape index (κ2) is 6.82. The molecule has 7 heteroatoms. The molecule has 6 nitrogen and oxygen atoms in total. The normalized spacial score (nSPS) is 14.0. The summed E-state index contributed by atoms with van der Waals surface area (Å²) in [7, 11) is 1.71. The lowest BCUT2D eigenvalue weighted by atomic mass is 9.93. The van der Waals surface area contributed by atoms with Gasteiger partial charge in [0.05, 0.1) is 6.20 Å². The van der Waals surface area contributed by atoms with Gasteiger partial charge in [-0.2, -0.15) is 4.98 Å². The minimum atomic E-state index is -0.453. The smallest absolute Gasteiger partial charge is 0.229 e. The number of benzene rings is 1. The van der Waals surface area contributed by atoms with E-state index in [4.69, 9.17) is 0 Å². The third-order valence-corrected chi connectivity index (χ3v) is 4.17. The summed E-state index contributed by atoms with van der Waals surface area (Å²) in [5.41, 5.74) is 1.55. The van der Waals surface area contributed by atoms with Crippen LogP contribution in [0.4, 0.5) is 27.5 Å². The van der Waals surface area contributed by atoms with Gasteiger partial charge in [0.2, 0.25) is 11.9 Å². The van der Waals surface area contributed by atoms with Crippen LogP contribution in [-0.4, -0.2) is 29.0 Å². The number of rotatable bonds is 5. The lowest BCUT2D eigenvalue weighted by Gasteiger charge is -2.27. The van der Waals surface area contributed by atoms with Gasteiger partial charge in [0.15, 0.2) is 11.6 Å². The summed E-state index contributed by atoms with van der Waals surface area (Å²) in [6.45, 7) is 1.51. The van der Waals surface area contributed by atoms with E-state index in [1.807, 2.05) is 24.3 Å². The predicted molar refractivity (Wildman–Crippen MR) is 92.1 cm³/mol. The maximum atomic E-state index is 13.8. The van der Waals surface area contributed by atoms with Crippen LogP contribution in [0.15, 0.2) is 30.5 Å². The van der Waals surface area contributed by atoms with Crippen LogP contribution in [0, 0.1) is 5.82 Å². The van der Waals surface area contributed by atoms with Crippen molar-refractivity contribution in [2.24, 2.45) is 0 Å². The third-order valence-electron chi connectivity index (χ3n) is 4.17. The zero-order valence-electron chi connectivity index (χ0n) is 13.7. The molecule has 0 aliphatic heterocycles. The molecular weight excluding hydrogens is 309 g/mol. The highest BCUT2D eigenvalue weighted by atomic mass is 19.1. The molecule has 1 saturated carbocycles. The Hall–Kier alpha value is -2.70. The quantitative estimate of drug-likeness (QED) is 0.881. The van der Waals surface area contributed by atoms with Crippen molar-refractivity contribution < 1.29 is 9.18 Å². The number of hydrogen-bond donors (Lipinski definition) is 2. The highest BCUT2D eigenvalue weighted by Crippen LogP contribution is 2.25. The monoisotopic (exact) mass is 329 g/mol. The van der Waals surface area contributed by atoms with Gasteiger partial charge in [0, 0.05) is 31.4 Å².